The van der Waals surface area contributed by atoms with Crippen LogP contribution in [-0.2, 0) is 9.47 Å². The molecule has 2 unspecified atom stereocenters. The first-order valence-corrected chi connectivity index (χ1v) is 3.37. The quantitative estimate of drug-likeness (QED) is 0.488. The van der Waals surface area contributed by atoms with Gasteiger partial charge in [0.1, 0.15) is 11.9 Å². The first-order valence-electron chi connectivity index (χ1n) is 3.37. The fourth-order valence-corrected chi connectivity index (χ4v) is 1.36. The molecule has 0 aromatic heterocycles. The maximum absolute atomic E-state index is 5.39. The average molecular weight is 126 g/mol. The number of rotatable bonds is 0. The summed E-state index contributed by atoms with van der Waals surface area (Å²) in [6.07, 6.45) is 3.60. The highest BCUT2D eigenvalue weighted by Crippen LogP contribution is 2.32. The molecule has 2 saturated heterocycles. The van der Waals surface area contributed by atoms with Crippen molar-refractivity contribution in [2.45, 2.75) is 31.7 Å². The molecule has 0 aromatic carbocycles. The number of fused-ring (bicyclic) bond motifs is 2. The Kier molecular flexibility index (Phi) is 1.02. The van der Waals surface area contributed by atoms with E-state index in [1.165, 1.54) is 6.42 Å². The Bertz CT molecular complexity index is 142. The molecule has 50 valence electrons. The summed E-state index contributed by atoms with van der Waals surface area (Å²) in [5.74, 6) is 0.831. The Labute approximate surface area is 54.5 Å². The third kappa shape index (κ3) is 0.741. The molecule has 2 fully saturated rings. The molecule has 2 heteroatoms. The molecule has 2 aliphatic heterocycles. The maximum Gasteiger partial charge on any atom is 0.200 e. The molecule has 2 aliphatic rings. The highest BCUT2D eigenvalue weighted by Gasteiger charge is 2.33. The monoisotopic (exact) mass is 126 g/mol. The fraction of sp³-hybridized carbons (Fsp3) is 0.714. The molecular weight excluding hydrogens is 116 g/mol. The Hall–Kier alpha value is -0.500. The van der Waals surface area contributed by atoms with Crippen molar-refractivity contribution in [2.24, 2.45) is 0 Å². The van der Waals surface area contributed by atoms with Crippen molar-refractivity contribution >= 4 is 0 Å². The molecular formula is C7H10O2. The molecule has 0 aromatic rings. The summed E-state index contributed by atoms with van der Waals surface area (Å²) in [5.41, 5.74) is 0. The lowest BCUT2D eigenvalue weighted by molar-refractivity contribution is -0.0787. The minimum Gasteiger partial charge on any atom is -0.467 e. The van der Waals surface area contributed by atoms with E-state index in [2.05, 4.69) is 6.58 Å². The number of hydrogen-bond acceptors (Lipinski definition) is 2. The fourth-order valence-electron chi connectivity index (χ4n) is 1.36. The average Bonchev–Trinajstić information content (AvgIpc) is 2.09. The van der Waals surface area contributed by atoms with Crippen LogP contribution in [0.1, 0.15) is 19.3 Å². The normalized spacial score (nSPS) is 40.7. The third-order valence-corrected chi connectivity index (χ3v) is 1.86. The lowest BCUT2D eigenvalue weighted by Gasteiger charge is -2.14. The van der Waals surface area contributed by atoms with E-state index >= 15 is 0 Å². The van der Waals surface area contributed by atoms with E-state index in [0.29, 0.717) is 0 Å². The minimum absolute atomic E-state index is 0.0382. The van der Waals surface area contributed by atoms with Gasteiger partial charge in [-0.05, 0) is 12.8 Å². The molecule has 2 rings (SSSR count). The molecule has 2 nitrogen and oxygen atoms in total. The topological polar surface area (TPSA) is 18.5 Å². The highest BCUT2D eigenvalue weighted by molar-refractivity contribution is 4.99. The molecule has 0 aliphatic carbocycles. The lowest BCUT2D eigenvalue weighted by atomic mass is 10.1. The molecule has 0 amide bonds. The number of ether oxygens (including phenoxy) is 2. The van der Waals surface area contributed by atoms with Gasteiger partial charge in [-0.3, -0.25) is 0 Å². The van der Waals surface area contributed by atoms with E-state index in [1.54, 1.807) is 0 Å². The van der Waals surface area contributed by atoms with Crippen LogP contribution < -0.4 is 0 Å². The van der Waals surface area contributed by atoms with E-state index in [0.717, 1.165) is 18.6 Å². The Morgan fingerprint density at radius 1 is 1.44 bits per heavy atom. The van der Waals surface area contributed by atoms with Gasteiger partial charge in [-0.2, -0.15) is 0 Å². The van der Waals surface area contributed by atoms with Crippen molar-refractivity contribution in [2.75, 3.05) is 0 Å². The van der Waals surface area contributed by atoms with Crippen LogP contribution in [0.2, 0.25) is 0 Å². The van der Waals surface area contributed by atoms with E-state index in [1.807, 2.05) is 0 Å². The summed E-state index contributed by atoms with van der Waals surface area (Å²) in [6, 6.07) is 0. The molecule has 2 bridgehead atoms. The van der Waals surface area contributed by atoms with Crippen LogP contribution in [0.3, 0.4) is 0 Å². The van der Waals surface area contributed by atoms with Gasteiger partial charge in [0.05, 0.1) is 0 Å². The summed E-state index contributed by atoms with van der Waals surface area (Å²) in [5, 5.41) is 0. The van der Waals surface area contributed by atoms with Gasteiger partial charge in [-0.25, -0.2) is 0 Å². The Balaban J connectivity index is 2.15. The van der Waals surface area contributed by atoms with Crippen molar-refractivity contribution in [3.05, 3.63) is 12.3 Å². The SMILES string of the molecule is C=C1OC2CCCC1O2. The zero-order chi connectivity index (χ0) is 6.27. The van der Waals surface area contributed by atoms with Crippen molar-refractivity contribution < 1.29 is 9.47 Å². The van der Waals surface area contributed by atoms with Gasteiger partial charge in [0.2, 0.25) is 0 Å². The third-order valence-electron chi connectivity index (χ3n) is 1.86. The van der Waals surface area contributed by atoms with Crippen LogP contribution in [0.15, 0.2) is 12.3 Å². The predicted octanol–water partition coefficient (Wildman–Crippen LogP) is 1.43. The predicted molar refractivity (Wildman–Crippen MR) is 32.7 cm³/mol. The van der Waals surface area contributed by atoms with Gasteiger partial charge in [0.15, 0.2) is 6.29 Å². The summed E-state index contributed by atoms with van der Waals surface area (Å²) in [7, 11) is 0. The van der Waals surface area contributed by atoms with E-state index in [4.69, 9.17) is 9.47 Å². The summed E-state index contributed by atoms with van der Waals surface area (Å²) in [4.78, 5) is 0. The van der Waals surface area contributed by atoms with Crippen LogP contribution in [0.25, 0.3) is 0 Å². The summed E-state index contributed by atoms with van der Waals surface area (Å²) < 4.78 is 10.7. The first-order chi connectivity index (χ1) is 4.36. The van der Waals surface area contributed by atoms with Crippen LogP contribution in [0.4, 0.5) is 0 Å². The molecule has 0 saturated carbocycles. The van der Waals surface area contributed by atoms with E-state index in [-0.39, 0.29) is 12.4 Å². The van der Waals surface area contributed by atoms with Crippen LogP contribution in [-0.4, -0.2) is 12.4 Å². The van der Waals surface area contributed by atoms with E-state index < -0.39 is 0 Å². The smallest absolute Gasteiger partial charge is 0.200 e. The summed E-state index contributed by atoms with van der Waals surface area (Å²) in [6.45, 7) is 3.75. The molecule has 0 N–H and O–H groups in total. The first kappa shape index (κ1) is 5.30. The van der Waals surface area contributed by atoms with Crippen molar-refractivity contribution in [1.82, 2.24) is 0 Å². The number of hydrogen-bond donors (Lipinski definition) is 0. The van der Waals surface area contributed by atoms with Gasteiger partial charge in [0, 0.05) is 6.42 Å². The van der Waals surface area contributed by atoms with Crippen LogP contribution >= 0.6 is 0 Å². The second-order valence-electron chi connectivity index (χ2n) is 2.57. The lowest BCUT2D eigenvalue weighted by Crippen LogP contribution is -2.17. The van der Waals surface area contributed by atoms with Crippen LogP contribution in [0.5, 0.6) is 0 Å². The van der Waals surface area contributed by atoms with Crippen molar-refractivity contribution in [3.8, 4) is 0 Å². The molecule has 0 spiro atoms. The van der Waals surface area contributed by atoms with Crippen LogP contribution in [0, 0.1) is 0 Å². The largest absolute Gasteiger partial charge is 0.467 e. The van der Waals surface area contributed by atoms with Gasteiger partial charge < -0.3 is 9.47 Å². The maximum atomic E-state index is 5.39. The zero-order valence-corrected chi connectivity index (χ0v) is 5.30. The van der Waals surface area contributed by atoms with Gasteiger partial charge in [-0.15, -0.1) is 0 Å². The highest BCUT2D eigenvalue weighted by atomic mass is 16.7. The molecule has 0 radical (unpaired) electrons. The van der Waals surface area contributed by atoms with Gasteiger partial charge in [0.25, 0.3) is 0 Å². The molecule has 2 heterocycles. The standard InChI is InChI=1S/C7H10O2/c1-5-6-3-2-4-7(8-5)9-6/h6-7H,1-4H2. The molecule has 9 heavy (non-hydrogen) atoms. The zero-order valence-electron chi connectivity index (χ0n) is 5.30. The molecule has 2 atom stereocenters. The second-order valence-corrected chi connectivity index (χ2v) is 2.57. The van der Waals surface area contributed by atoms with E-state index in [9.17, 15) is 0 Å². The van der Waals surface area contributed by atoms with Crippen molar-refractivity contribution in [3.63, 3.8) is 0 Å². The Morgan fingerprint density at radius 3 is 3.00 bits per heavy atom. The second kappa shape index (κ2) is 1.74. The van der Waals surface area contributed by atoms with Gasteiger partial charge in [-0.1, -0.05) is 6.58 Å². The van der Waals surface area contributed by atoms with Crippen molar-refractivity contribution in [1.29, 1.82) is 0 Å². The van der Waals surface area contributed by atoms with Gasteiger partial charge >= 0.3 is 0 Å². The summed E-state index contributed by atoms with van der Waals surface area (Å²) >= 11 is 0. The Morgan fingerprint density at radius 2 is 2.33 bits per heavy atom. The minimum atomic E-state index is 0.0382.